The Hall–Kier alpha value is -0.610. The van der Waals surface area contributed by atoms with E-state index in [2.05, 4.69) is 5.32 Å². The van der Waals surface area contributed by atoms with Crippen molar-refractivity contribution in [3.8, 4) is 0 Å². The minimum atomic E-state index is -0.716. The number of carboxylic acids is 1. The van der Waals surface area contributed by atoms with Gasteiger partial charge in [-0.05, 0) is 13.5 Å². The van der Waals surface area contributed by atoms with E-state index in [9.17, 15) is 4.79 Å². The summed E-state index contributed by atoms with van der Waals surface area (Å²) in [6, 6.07) is 0.0862. The molecule has 1 heterocycles. The van der Waals surface area contributed by atoms with Crippen molar-refractivity contribution < 1.29 is 9.90 Å². The van der Waals surface area contributed by atoms with Crippen LogP contribution in [0, 0.1) is 0 Å². The number of carbonyl (C=O) groups is 1. The van der Waals surface area contributed by atoms with Gasteiger partial charge in [0, 0.05) is 19.1 Å². The Bertz CT molecular complexity index is 168. The van der Waals surface area contributed by atoms with E-state index in [1.165, 1.54) is 0 Å². The number of nitrogens with one attached hydrogen (secondary N) is 1. The van der Waals surface area contributed by atoms with Crippen LogP contribution in [0.1, 0.15) is 13.3 Å². The van der Waals surface area contributed by atoms with Gasteiger partial charge in [-0.25, -0.2) is 0 Å². The molecule has 0 aromatic carbocycles. The molecule has 0 aromatic rings. The molecule has 0 amide bonds. The van der Waals surface area contributed by atoms with Crippen LogP contribution in [0.4, 0.5) is 0 Å². The molecule has 1 aliphatic heterocycles. The summed E-state index contributed by atoms with van der Waals surface area (Å²) < 4.78 is 0. The maximum atomic E-state index is 10.8. The van der Waals surface area contributed by atoms with Crippen LogP contribution in [0.3, 0.4) is 0 Å². The van der Waals surface area contributed by atoms with Gasteiger partial charge >= 0.3 is 5.97 Å². The monoisotopic (exact) mass is 172 g/mol. The molecule has 1 rings (SSSR count). The molecule has 0 radical (unpaired) electrons. The lowest BCUT2D eigenvalue weighted by molar-refractivity contribution is -0.144. The lowest BCUT2D eigenvalue weighted by Gasteiger charge is -2.38. The zero-order chi connectivity index (χ0) is 9.14. The van der Waals surface area contributed by atoms with Crippen LogP contribution >= 0.6 is 0 Å². The molecule has 1 unspecified atom stereocenters. The summed E-state index contributed by atoms with van der Waals surface area (Å²) in [6.45, 7) is 3.74. The van der Waals surface area contributed by atoms with E-state index < -0.39 is 5.97 Å². The standard InChI is InChI=1S/C8H16N2O2/c1-3-7(8(11)12)10(2)6-4-9-5-6/h6-7,9H,3-5H2,1-2H3,(H,11,12). The average molecular weight is 172 g/mol. The molecule has 1 fully saturated rings. The molecule has 1 saturated heterocycles. The molecule has 1 aliphatic rings. The van der Waals surface area contributed by atoms with Crippen LogP contribution < -0.4 is 5.32 Å². The molecule has 0 aromatic heterocycles. The molecule has 2 N–H and O–H groups in total. The minimum absolute atomic E-state index is 0.322. The first-order chi connectivity index (χ1) is 5.66. The van der Waals surface area contributed by atoms with Crippen LogP contribution in [0.25, 0.3) is 0 Å². The number of likely N-dealkylation sites (N-methyl/N-ethyl adjacent to an activating group) is 1. The average Bonchev–Trinajstić information content (AvgIpc) is 1.83. The van der Waals surface area contributed by atoms with Crippen LogP contribution in [0.5, 0.6) is 0 Å². The summed E-state index contributed by atoms with van der Waals surface area (Å²) in [4.78, 5) is 12.7. The highest BCUT2D eigenvalue weighted by atomic mass is 16.4. The number of aliphatic carboxylic acids is 1. The normalized spacial score (nSPS) is 20.6. The van der Waals surface area contributed by atoms with Crippen molar-refractivity contribution in [1.82, 2.24) is 10.2 Å². The topological polar surface area (TPSA) is 52.6 Å². The third-order valence-corrected chi connectivity index (χ3v) is 2.50. The second-order valence-corrected chi connectivity index (χ2v) is 3.24. The van der Waals surface area contributed by atoms with Gasteiger partial charge in [0.05, 0.1) is 0 Å². The molecule has 0 saturated carbocycles. The van der Waals surface area contributed by atoms with Crippen molar-refractivity contribution in [2.45, 2.75) is 25.4 Å². The smallest absolute Gasteiger partial charge is 0.320 e. The molecule has 12 heavy (non-hydrogen) atoms. The highest BCUT2D eigenvalue weighted by molar-refractivity contribution is 5.73. The second kappa shape index (κ2) is 3.87. The first-order valence-electron chi connectivity index (χ1n) is 4.32. The Kier molecular flexibility index (Phi) is 3.05. The maximum absolute atomic E-state index is 10.8. The van der Waals surface area contributed by atoms with Gasteiger partial charge < -0.3 is 10.4 Å². The van der Waals surface area contributed by atoms with Gasteiger partial charge in [-0.15, -0.1) is 0 Å². The minimum Gasteiger partial charge on any atom is -0.480 e. The van der Waals surface area contributed by atoms with Crippen molar-refractivity contribution in [3.63, 3.8) is 0 Å². The lowest BCUT2D eigenvalue weighted by atomic mass is 10.1. The van der Waals surface area contributed by atoms with Crippen LogP contribution in [-0.2, 0) is 4.79 Å². The van der Waals surface area contributed by atoms with Gasteiger partial charge in [-0.3, -0.25) is 9.69 Å². The summed E-state index contributed by atoms with van der Waals surface area (Å²) in [7, 11) is 1.88. The Labute approximate surface area is 72.6 Å². The molecule has 0 bridgehead atoms. The third-order valence-electron chi connectivity index (χ3n) is 2.50. The predicted octanol–water partition coefficient (Wildman–Crippen LogP) is -0.247. The van der Waals surface area contributed by atoms with Crippen LogP contribution in [-0.4, -0.2) is 48.2 Å². The molecule has 1 atom stereocenters. The zero-order valence-corrected chi connectivity index (χ0v) is 7.58. The SMILES string of the molecule is CCC(C(=O)O)N(C)C1CNC1. The quantitative estimate of drug-likeness (QED) is 0.614. The molecule has 0 aliphatic carbocycles. The molecule has 70 valence electrons. The molecule has 4 heteroatoms. The third kappa shape index (κ3) is 1.76. The van der Waals surface area contributed by atoms with Crippen molar-refractivity contribution >= 4 is 5.97 Å². The van der Waals surface area contributed by atoms with Crippen molar-refractivity contribution in [2.24, 2.45) is 0 Å². The van der Waals surface area contributed by atoms with E-state index in [0.29, 0.717) is 12.5 Å². The van der Waals surface area contributed by atoms with Crippen molar-refractivity contribution in [3.05, 3.63) is 0 Å². The van der Waals surface area contributed by atoms with Crippen molar-refractivity contribution in [1.29, 1.82) is 0 Å². The largest absolute Gasteiger partial charge is 0.480 e. The Morgan fingerprint density at radius 1 is 1.75 bits per heavy atom. The van der Waals surface area contributed by atoms with Gasteiger partial charge in [-0.2, -0.15) is 0 Å². The number of rotatable bonds is 4. The summed E-state index contributed by atoms with van der Waals surface area (Å²) in [6.07, 6.45) is 0.669. The number of carboxylic acid groups (broad SMARTS) is 1. The van der Waals surface area contributed by atoms with E-state index in [4.69, 9.17) is 5.11 Å². The predicted molar refractivity (Wildman–Crippen MR) is 46.1 cm³/mol. The number of hydrogen-bond acceptors (Lipinski definition) is 3. The fourth-order valence-electron chi connectivity index (χ4n) is 1.45. The van der Waals surface area contributed by atoms with Crippen LogP contribution in [0.2, 0.25) is 0 Å². The molecular weight excluding hydrogens is 156 g/mol. The first kappa shape index (κ1) is 9.48. The maximum Gasteiger partial charge on any atom is 0.320 e. The number of hydrogen-bond donors (Lipinski definition) is 2. The highest BCUT2D eigenvalue weighted by Crippen LogP contribution is 2.09. The fourth-order valence-corrected chi connectivity index (χ4v) is 1.45. The Morgan fingerprint density at radius 3 is 2.58 bits per heavy atom. The van der Waals surface area contributed by atoms with E-state index >= 15 is 0 Å². The van der Waals surface area contributed by atoms with Gasteiger partial charge in [-0.1, -0.05) is 6.92 Å². The van der Waals surface area contributed by atoms with Crippen LogP contribution in [0.15, 0.2) is 0 Å². The van der Waals surface area contributed by atoms with Gasteiger partial charge in [0.2, 0.25) is 0 Å². The summed E-state index contributed by atoms with van der Waals surface area (Å²) in [5.41, 5.74) is 0. The zero-order valence-electron chi connectivity index (χ0n) is 7.58. The van der Waals surface area contributed by atoms with E-state index in [1.807, 2.05) is 18.9 Å². The summed E-state index contributed by atoms with van der Waals surface area (Å²) >= 11 is 0. The molecule has 4 nitrogen and oxygen atoms in total. The van der Waals surface area contributed by atoms with E-state index in [1.54, 1.807) is 0 Å². The first-order valence-corrected chi connectivity index (χ1v) is 4.32. The highest BCUT2D eigenvalue weighted by Gasteiger charge is 2.29. The Balaban J connectivity index is 2.46. The van der Waals surface area contributed by atoms with E-state index in [0.717, 1.165) is 13.1 Å². The second-order valence-electron chi connectivity index (χ2n) is 3.24. The Morgan fingerprint density at radius 2 is 2.33 bits per heavy atom. The van der Waals surface area contributed by atoms with Gasteiger partial charge in [0.15, 0.2) is 0 Å². The number of nitrogens with zero attached hydrogens (tertiary/aromatic N) is 1. The molecule has 0 spiro atoms. The van der Waals surface area contributed by atoms with E-state index in [-0.39, 0.29) is 6.04 Å². The van der Waals surface area contributed by atoms with Gasteiger partial charge in [0.25, 0.3) is 0 Å². The van der Waals surface area contributed by atoms with Crippen molar-refractivity contribution in [2.75, 3.05) is 20.1 Å². The summed E-state index contributed by atoms with van der Waals surface area (Å²) in [5.74, 6) is -0.716. The fraction of sp³-hybridized carbons (Fsp3) is 0.875. The van der Waals surface area contributed by atoms with Gasteiger partial charge in [0.1, 0.15) is 6.04 Å². The molecular formula is C8H16N2O2. The lowest BCUT2D eigenvalue weighted by Crippen LogP contribution is -2.59. The summed E-state index contributed by atoms with van der Waals surface area (Å²) in [5, 5.41) is 12.0.